The molecular formula is C32H32BF6NO5. The number of amides is 2. The third kappa shape index (κ3) is 6.42. The number of fused-ring (bicyclic) bond motifs is 3. The number of rotatable bonds is 6. The number of halogens is 6. The van der Waals surface area contributed by atoms with Crippen LogP contribution in [-0.2, 0) is 26.6 Å². The third-order valence-corrected chi connectivity index (χ3v) is 8.91. The number of benzene rings is 2. The van der Waals surface area contributed by atoms with Crippen molar-refractivity contribution >= 4 is 30.7 Å². The highest BCUT2D eigenvalue weighted by molar-refractivity contribution is 6.43. The maximum Gasteiger partial charge on any atom is 0.455 e. The zero-order valence-electron chi connectivity index (χ0n) is 24.7. The van der Waals surface area contributed by atoms with Gasteiger partial charge < -0.3 is 14.8 Å². The predicted molar refractivity (Wildman–Crippen MR) is 155 cm³/mol. The van der Waals surface area contributed by atoms with Crippen LogP contribution >= 0.6 is 0 Å². The van der Waals surface area contributed by atoms with Crippen molar-refractivity contribution in [3.05, 3.63) is 75.9 Å². The zero-order valence-corrected chi connectivity index (χ0v) is 24.7. The first-order valence-corrected chi connectivity index (χ1v) is 14.7. The Morgan fingerprint density at radius 3 is 2.22 bits per heavy atom. The standard InChI is InChI=1S/C32H32BF6NO5/c1-16(2)22-14-23-28(30(43)40(29(23)42)21-12-19(31(34,35)36)11-20(13-21)32(37,38)39)24-15-33(44)45-26(27(22)24)9-8-17(3)10-18-6-4-5-7-25(18)41/h4-7,10-13,16,23-24,26,28,41,44H,8-9,14-15H2,1-3H3/b17-10+/t23-,24+,26-,28-/m1/s1. The van der Waals surface area contributed by atoms with Gasteiger partial charge in [0.05, 0.1) is 34.8 Å². The van der Waals surface area contributed by atoms with Gasteiger partial charge in [0.25, 0.3) is 0 Å². The lowest BCUT2D eigenvalue weighted by molar-refractivity contribution is -0.143. The normalized spacial score (nSPS) is 24.5. The molecule has 2 aliphatic heterocycles. The molecule has 0 aromatic heterocycles. The largest absolute Gasteiger partial charge is 0.507 e. The second-order valence-electron chi connectivity index (χ2n) is 12.3. The number of para-hydroxylation sites is 1. The molecule has 0 bridgehead atoms. The summed E-state index contributed by atoms with van der Waals surface area (Å²) >= 11 is 0. The molecule has 0 spiro atoms. The SMILES string of the molecule is C/C(=C\c1ccccc1O)CC[C@H]1OB(O)C[C@H]2C1=C(C(C)C)C[C@H]1C(=O)N(c3cc(C(F)(F)F)cc(C(F)(F)F)c3)C(=O)[C@H]12. The van der Waals surface area contributed by atoms with Gasteiger partial charge in [0.1, 0.15) is 5.75 Å². The number of nitrogens with zero attached hydrogens (tertiary/aromatic N) is 1. The molecule has 0 radical (unpaired) electrons. The minimum atomic E-state index is -5.15. The van der Waals surface area contributed by atoms with Crippen molar-refractivity contribution in [1.29, 1.82) is 0 Å². The van der Waals surface area contributed by atoms with E-state index in [0.717, 1.165) is 16.7 Å². The fourth-order valence-corrected chi connectivity index (χ4v) is 6.88. The average Bonchev–Trinajstić information content (AvgIpc) is 3.20. The average molecular weight is 635 g/mol. The lowest BCUT2D eigenvalue weighted by Crippen LogP contribution is -2.46. The van der Waals surface area contributed by atoms with E-state index in [2.05, 4.69) is 0 Å². The van der Waals surface area contributed by atoms with Crippen LogP contribution in [0.15, 0.2) is 59.2 Å². The van der Waals surface area contributed by atoms with Crippen LogP contribution in [-0.4, -0.2) is 35.2 Å². The summed E-state index contributed by atoms with van der Waals surface area (Å²) in [5.41, 5.74) is -0.947. The predicted octanol–water partition coefficient (Wildman–Crippen LogP) is 7.27. The molecule has 2 aromatic carbocycles. The third-order valence-electron chi connectivity index (χ3n) is 8.91. The molecule has 6 nitrogen and oxygen atoms in total. The molecule has 5 rings (SSSR count). The van der Waals surface area contributed by atoms with Crippen molar-refractivity contribution in [2.75, 3.05) is 4.90 Å². The zero-order chi connectivity index (χ0) is 33.0. The number of carbonyl (C=O) groups excluding carboxylic acids is 2. The van der Waals surface area contributed by atoms with E-state index in [0.29, 0.717) is 35.4 Å². The van der Waals surface area contributed by atoms with Crippen LogP contribution in [0.2, 0.25) is 6.32 Å². The van der Waals surface area contributed by atoms with Gasteiger partial charge in [-0.05, 0) is 74.2 Å². The van der Waals surface area contributed by atoms with Gasteiger partial charge in [-0.1, -0.05) is 49.3 Å². The van der Waals surface area contributed by atoms with Crippen LogP contribution in [0.1, 0.15) is 56.7 Å². The number of carbonyl (C=O) groups is 2. The molecule has 2 heterocycles. The Morgan fingerprint density at radius 2 is 1.64 bits per heavy atom. The van der Waals surface area contributed by atoms with E-state index < -0.39 is 72.0 Å². The van der Waals surface area contributed by atoms with Gasteiger partial charge in [-0.15, -0.1) is 0 Å². The first kappa shape index (κ1) is 32.8. The monoisotopic (exact) mass is 635 g/mol. The molecule has 1 aliphatic carbocycles. The Labute approximate surface area is 256 Å². The van der Waals surface area contributed by atoms with E-state index in [4.69, 9.17) is 4.65 Å². The molecular weight excluding hydrogens is 603 g/mol. The quantitative estimate of drug-likeness (QED) is 0.151. The molecule has 2 N–H and O–H groups in total. The second-order valence-corrected chi connectivity index (χ2v) is 12.3. The number of hydrogen-bond acceptors (Lipinski definition) is 5. The minimum Gasteiger partial charge on any atom is -0.507 e. The van der Waals surface area contributed by atoms with Crippen LogP contribution < -0.4 is 4.90 Å². The lowest BCUT2D eigenvalue weighted by Gasteiger charge is -2.44. The van der Waals surface area contributed by atoms with Gasteiger partial charge in [-0.3, -0.25) is 9.59 Å². The fraction of sp³-hybridized carbons (Fsp3) is 0.438. The van der Waals surface area contributed by atoms with Crippen LogP contribution in [0.4, 0.5) is 32.0 Å². The van der Waals surface area contributed by atoms with E-state index in [1.54, 1.807) is 24.3 Å². The number of phenolic OH excluding ortho intramolecular Hbond substituents is 1. The molecule has 45 heavy (non-hydrogen) atoms. The molecule has 4 atom stereocenters. The van der Waals surface area contributed by atoms with Crippen molar-refractivity contribution in [2.45, 2.75) is 64.8 Å². The van der Waals surface area contributed by atoms with Gasteiger partial charge in [0.15, 0.2) is 0 Å². The highest BCUT2D eigenvalue weighted by atomic mass is 19.4. The molecule has 0 unspecified atom stereocenters. The summed E-state index contributed by atoms with van der Waals surface area (Å²) in [6, 6.07) is 7.54. The van der Waals surface area contributed by atoms with Gasteiger partial charge in [0.2, 0.25) is 11.8 Å². The van der Waals surface area contributed by atoms with Gasteiger partial charge in [0, 0.05) is 5.56 Å². The number of phenols is 1. The van der Waals surface area contributed by atoms with Crippen LogP contribution in [0.5, 0.6) is 5.75 Å². The van der Waals surface area contributed by atoms with E-state index >= 15 is 0 Å². The summed E-state index contributed by atoms with van der Waals surface area (Å²) in [7, 11) is -1.30. The fourth-order valence-electron chi connectivity index (χ4n) is 6.88. The molecule has 2 fully saturated rings. The van der Waals surface area contributed by atoms with Gasteiger partial charge in [-0.2, -0.15) is 26.3 Å². The summed E-state index contributed by atoms with van der Waals surface area (Å²) in [4.78, 5) is 28.0. The molecule has 2 saturated heterocycles. The number of imide groups is 1. The summed E-state index contributed by atoms with van der Waals surface area (Å²) in [6.07, 6.45) is -8.22. The number of allylic oxidation sites excluding steroid dienone is 2. The van der Waals surface area contributed by atoms with E-state index in [9.17, 15) is 46.1 Å². The van der Waals surface area contributed by atoms with Crippen LogP contribution in [0, 0.1) is 23.7 Å². The summed E-state index contributed by atoms with van der Waals surface area (Å²) in [5.74, 6) is -4.57. The Balaban J connectivity index is 1.50. The van der Waals surface area contributed by atoms with E-state index in [1.165, 1.54) is 0 Å². The number of anilines is 1. The smallest absolute Gasteiger partial charge is 0.455 e. The van der Waals surface area contributed by atoms with Crippen molar-refractivity contribution < 1.29 is 50.7 Å². The van der Waals surface area contributed by atoms with Gasteiger partial charge >= 0.3 is 19.5 Å². The lowest BCUT2D eigenvalue weighted by atomic mass is 9.57. The van der Waals surface area contributed by atoms with E-state index in [-0.39, 0.29) is 30.5 Å². The van der Waals surface area contributed by atoms with Crippen LogP contribution in [0.25, 0.3) is 6.08 Å². The van der Waals surface area contributed by atoms with Crippen molar-refractivity contribution in [3.63, 3.8) is 0 Å². The Bertz CT molecular complexity index is 1530. The second kappa shape index (κ2) is 12.0. The van der Waals surface area contributed by atoms with Crippen molar-refractivity contribution in [2.24, 2.45) is 23.7 Å². The van der Waals surface area contributed by atoms with Gasteiger partial charge in [-0.25, -0.2) is 4.90 Å². The molecule has 2 aromatic rings. The first-order valence-electron chi connectivity index (χ1n) is 14.7. The first-order chi connectivity index (χ1) is 21.0. The Kier molecular flexibility index (Phi) is 8.73. The molecule has 3 aliphatic rings. The van der Waals surface area contributed by atoms with Crippen molar-refractivity contribution in [1.82, 2.24) is 0 Å². The molecule has 13 heteroatoms. The maximum absolute atomic E-state index is 13.9. The minimum absolute atomic E-state index is 0.0485. The Hall–Kier alpha value is -3.58. The topological polar surface area (TPSA) is 87.1 Å². The number of aromatic hydroxyl groups is 1. The van der Waals surface area contributed by atoms with Crippen molar-refractivity contribution in [3.8, 4) is 5.75 Å². The maximum atomic E-state index is 13.9. The highest BCUT2D eigenvalue weighted by Gasteiger charge is 2.58. The highest BCUT2D eigenvalue weighted by Crippen LogP contribution is 2.53. The Morgan fingerprint density at radius 1 is 1.02 bits per heavy atom. The van der Waals surface area contributed by atoms with Crippen LogP contribution in [0.3, 0.4) is 0 Å². The molecule has 0 saturated carbocycles. The molecule has 2 amide bonds. The number of alkyl halides is 6. The summed E-state index contributed by atoms with van der Waals surface area (Å²) in [6.45, 7) is 5.66. The summed E-state index contributed by atoms with van der Waals surface area (Å²) < 4.78 is 87.6. The molecule has 240 valence electrons. The summed E-state index contributed by atoms with van der Waals surface area (Å²) in [5, 5.41) is 20.9. The van der Waals surface area contributed by atoms with E-state index in [1.807, 2.05) is 26.8 Å². The number of hydrogen-bond donors (Lipinski definition) is 2.